The predicted molar refractivity (Wildman–Crippen MR) is 40.4 cm³/mol. The third-order valence-corrected chi connectivity index (χ3v) is 1.50. The molecular formula is C8H15N. The number of hydrogen-bond donors (Lipinski definition) is 0. The number of hydrogen-bond acceptors (Lipinski definition) is 1. The Bertz CT molecular complexity index is 101. The minimum atomic E-state index is 0.935. The normalized spacial score (nSPS) is 19.9. The zero-order chi connectivity index (χ0) is 6.69. The van der Waals surface area contributed by atoms with Crippen molar-refractivity contribution in [2.24, 2.45) is 5.92 Å². The van der Waals surface area contributed by atoms with E-state index in [1.807, 2.05) is 0 Å². The van der Waals surface area contributed by atoms with Crippen molar-refractivity contribution in [2.75, 3.05) is 20.6 Å². The molecule has 0 aromatic heterocycles. The van der Waals surface area contributed by atoms with Crippen LogP contribution < -0.4 is 0 Å². The molecule has 1 rings (SSSR count). The van der Waals surface area contributed by atoms with E-state index in [4.69, 9.17) is 0 Å². The molecule has 0 heterocycles. The zero-order valence-electron chi connectivity index (χ0n) is 6.30. The van der Waals surface area contributed by atoms with Crippen LogP contribution in [-0.2, 0) is 0 Å². The van der Waals surface area contributed by atoms with Gasteiger partial charge in [-0.15, -0.1) is 0 Å². The van der Waals surface area contributed by atoms with Crippen molar-refractivity contribution >= 4 is 0 Å². The summed E-state index contributed by atoms with van der Waals surface area (Å²) in [5.74, 6) is 0.935. The lowest BCUT2D eigenvalue weighted by molar-refractivity contribution is 0.456. The van der Waals surface area contributed by atoms with Gasteiger partial charge in [0.15, 0.2) is 0 Å². The lowest BCUT2D eigenvalue weighted by Gasteiger charge is -2.02. The Kier molecular flexibility index (Phi) is 2.29. The Morgan fingerprint density at radius 3 is 2.56 bits per heavy atom. The van der Waals surface area contributed by atoms with E-state index in [0.717, 1.165) is 12.5 Å². The Labute approximate surface area is 57.4 Å². The maximum atomic E-state index is 2.33. The topological polar surface area (TPSA) is 3.24 Å². The number of allylic oxidation sites excluding steroid dienone is 1. The lowest BCUT2D eigenvalue weighted by atomic mass is 10.3. The average Bonchev–Trinajstić information content (AvgIpc) is 2.48. The summed E-state index contributed by atoms with van der Waals surface area (Å²) in [5.41, 5.74) is 0. The molecule has 52 valence electrons. The van der Waals surface area contributed by atoms with Crippen LogP contribution in [0.5, 0.6) is 0 Å². The standard InChI is InChI=1S/C8H15N/c1-9(2)7-3-4-8-5-6-8/h3-4,8H,5-7H2,1-2H3. The monoisotopic (exact) mass is 125 g/mol. The fourth-order valence-corrected chi connectivity index (χ4v) is 0.753. The molecule has 0 spiro atoms. The van der Waals surface area contributed by atoms with Crippen LogP contribution in [0.2, 0.25) is 0 Å². The van der Waals surface area contributed by atoms with E-state index >= 15 is 0 Å². The summed E-state index contributed by atoms with van der Waals surface area (Å²) in [6, 6.07) is 0. The highest BCUT2D eigenvalue weighted by molar-refractivity contribution is 4.96. The third kappa shape index (κ3) is 3.31. The summed E-state index contributed by atoms with van der Waals surface area (Å²) in [6.07, 6.45) is 7.44. The van der Waals surface area contributed by atoms with E-state index in [0.29, 0.717) is 0 Å². The second-order valence-corrected chi connectivity index (χ2v) is 3.03. The Hall–Kier alpha value is -0.300. The first-order chi connectivity index (χ1) is 4.29. The van der Waals surface area contributed by atoms with Gasteiger partial charge in [-0.1, -0.05) is 12.2 Å². The molecule has 0 aromatic rings. The quantitative estimate of drug-likeness (QED) is 0.517. The molecule has 1 nitrogen and oxygen atoms in total. The summed E-state index contributed by atoms with van der Waals surface area (Å²) in [5, 5.41) is 0. The molecule has 1 aliphatic carbocycles. The van der Waals surface area contributed by atoms with Gasteiger partial charge in [-0.25, -0.2) is 0 Å². The smallest absolute Gasteiger partial charge is 0.0157 e. The molecule has 0 saturated heterocycles. The molecule has 1 fully saturated rings. The first-order valence-electron chi connectivity index (χ1n) is 3.60. The van der Waals surface area contributed by atoms with E-state index in [9.17, 15) is 0 Å². The number of nitrogens with zero attached hydrogens (tertiary/aromatic N) is 1. The molecule has 0 radical (unpaired) electrons. The Balaban J connectivity index is 2.01. The second-order valence-electron chi connectivity index (χ2n) is 3.03. The summed E-state index contributed by atoms with van der Waals surface area (Å²) in [4.78, 5) is 2.18. The van der Waals surface area contributed by atoms with Gasteiger partial charge in [0, 0.05) is 6.54 Å². The Morgan fingerprint density at radius 2 is 2.11 bits per heavy atom. The highest BCUT2D eigenvalue weighted by Gasteiger charge is 2.16. The van der Waals surface area contributed by atoms with Crippen LogP contribution in [0.1, 0.15) is 12.8 Å². The largest absolute Gasteiger partial charge is 0.306 e. The molecular weight excluding hydrogens is 110 g/mol. The zero-order valence-corrected chi connectivity index (χ0v) is 6.30. The van der Waals surface area contributed by atoms with Crippen molar-refractivity contribution in [3.63, 3.8) is 0 Å². The maximum Gasteiger partial charge on any atom is 0.0157 e. The summed E-state index contributed by atoms with van der Waals surface area (Å²) in [6.45, 7) is 1.09. The van der Waals surface area contributed by atoms with E-state index in [2.05, 4.69) is 31.1 Å². The number of likely N-dealkylation sites (N-methyl/N-ethyl adjacent to an activating group) is 1. The van der Waals surface area contributed by atoms with Crippen LogP contribution in [0.4, 0.5) is 0 Å². The molecule has 1 aliphatic rings. The maximum absolute atomic E-state index is 2.33. The van der Waals surface area contributed by atoms with Gasteiger partial charge in [0.25, 0.3) is 0 Å². The van der Waals surface area contributed by atoms with Crippen LogP contribution in [0.25, 0.3) is 0 Å². The molecule has 1 heteroatoms. The fraction of sp³-hybridized carbons (Fsp3) is 0.750. The van der Waals surface area contributed by atoms with Gasteiger partial charge >= 0.3 is 0 Å². The van der Waals surface area contributed by atoms with E-state index < -0.39 is 0 Å². The minimum absolute atomic E-state index is 0.935. The second kappa shape index (κ2) is 3.02. The molecule has 0 atom stereocenters. The van der Waals surface area contributed by atoms with Crippen molar-refractivity contribution in [1.29, 1.82) is 0 Å². The molecule has 0 amide bonds. The average molecular weight is 125 g/mol. The van der Waals surface area contributed by atoms with Gasteiger partial charge in [0.05, 0.1) is 0 Å². The van der Waals surface area contributed by atoms with Crippen LogP contribution in [0.15, 0.2) is 12.2 Å². The van der Waals surface area contributed by atoms with Gasteiger partial charge in [-0.2, -0.15) is 0 Å². The van der Waals surface area contributed by atoms with E-state index in [1.54, 1.807) is 0 Å². The van der Waals surface area contributed by atoms with Gasteiger partial charge in [-0.05, 0) is 32.9 Å². The van der Waals surface area contributed by atoms with E-state index in [-0.39, 0.29) is 0 Å². The minimum Gasteiger partial charge on any atom is -0.306 e. The predicted octanol–water partition coefficient (Wildman–Crippen LogP) is 1.51. The molecule has 0 bridgehead atoms. The van der Waals surface area contributed by atoms with Crippen molar-refractivity contribution < 1.29 is 0 Å². The van der Waals surface area contributed by atoms with Crippen molar-refractivity contribution in [2.45, 2.75) is 12.8 Å². The van der Waals surface area contributed by atoms with Crippen molar-refractivity contribution in [3.8, 4) is 0 Å². The first kappa shape index (κ1) is 6.81. The first-order valence-corrected chi connectivity index (χ1v) is 3.60. The molecule has 1 saturated carbocycles. The Morgan fingerprint density at radius 1 is 1.44 bits per heavy atom. The summed E-state index contributed by atoms with van der Waals surface area (Å²) < 4.78 is 0. The van der Waals surface area contributed by atoms with Crippen molar-refractivity contribution in [3.05, 3.63) is 12.2 Å². The van der Waals surface area contributed by atoms with Gasteiger partial charge in [-0.3, -0.25) is 0 Å². The molecule has 9 heavy (non-hydrogen) atoms. The highest BCUT2D eigenvalue weighted by Crippen LogP contribution is 2.29. The van der Waals surface area contributed by atoms with E-state index in [1.165, 1.54) is 12.8 Å². The van der Waals surface area contributed by atoms with Gasteiger partial charge in [0.1, 0.15) is 0 Å². The molecule has 0 aromatic carbocycles. The van der Waals surface area contributed by atoms with Crippen LogP contribution in [0.3, 0.4) is 0 Å². The number of rotatable bonds is 3. The molecule has 0 N–H and O–H groups in total. The SMILES string of the molecule is CN(C)CC=CC1CC1. The van der Waals surface area contributed by atoms with Gasteiger partial charge in [0.2, 0.25) is 0 Å². The van der Waals surface area contributed by atoms with Crippen LogP contribution >= 0.6 is 0 Å². The highest BCUT2D eigenvalue weighted by atomic mass is 15.0. The molecule has 0 unspecified atom stereocenters. The molecule has 0 aliphatic heterocycles. The van der Waals surface area contributed by atoms with Crippen molar-refractivity contribution in [1.82, 2.24) is 4.90 Å². The fourth-order valence-electron chi connectivity index (χ4n) is 0.753. The summed E-state index contributed by atoms with van der Waals surface area (Å²) in [7, 11) is 4.19. The van der Waals surface area contributed by atoms with Gasteiger partial charge < -0.3 is 4.90 Å². The van der Waals surface area contributed by atoms with Crippen LogP contribution in [0, 0.1) is 5.92 Å². The third-order valence-electron chi connectivity index (χ3n) is 1.50. The lowest BCUT2D eigenvalue weighted by Crippen LogP contribution is -2.10. The summed E-state index contributed by atoms with van der Waals surface area (Å²) >= 11 is 0. The van der Waals surface area contributed by atoms with Crippen LogP contribution in [-0.4, -0.2) is 25.5 Å².